The van der Waals surface area contributed by atoms with E-state index in [0.29, 0.717) is 11.9 Å². The zero-order chi connectivity index (χ0) is 11.5. The summed E-state index contributed by atoms with van der Waals surface area (Å²) in [6.07, 6.45) is 8.61. The summed E-state index contributed by atoms with van der Waals surface area (Å²) in [6, 6.07) is 3.85. The average molecular weight is 229 g/mol. The summed E-state index contributed by atoms with van der Waals surface area (Å²) < 4.78 is 0. The minimum atomic E-state index is 0.581. The third kappa shape index (κ3) is 2.27. The van der Waals surface area contributed by atoms with Crippen LogP contribution in [0.25, 0.3) is 0 Å². The van der Waals surface area contributed by atoms with Gasteiger partial charge in [0.1, 0.15) is 0 Å². The first-order valence-electron chi connectivity index (χ1n) is 6.01. The molecule has 88 valence electrons. The van der Waals surface area contributed by atoms with Crippen LogP contribution in [0.3, 0.4) is 0 Å². The molecule has 0 unspecified atom stereocenters. The quantitative estimate of drug-likeness (QED) is 0.849. The molecule has 1 saturated carbocycles. The Morgan fingerprint density at radius 3 is 2.71 bits per heavy atom. The highest BCUT2D eigenvalue weighted by Crippen LogP contribution is 2.33. The third-order valence-corrected chi connectivity index (χ3v) is 3.20. The van der Waals surface area contributed by atoms with Crippen molar-refractivity contribution in [2.45, 2.75) is 31.6 Å². The van der Waals surface area contributed by atoms with Crippen molar-refractivity contribution in [3.63, 3.8) is 0 Å². The predicted octanol–water partition coefficient (Wildman–Crippen LogP) is 2.60. The van der Waals surface area contributed by atoms with Gasteiger partial charge in [0.25, 0.3) is 0 Å². The summed E-state index contributed by atoms with van der Waals surface area (Å²) in [6.45, 7) is 0. The number of H-pyrrole nitrogens is 1. The van der Waals surface area contributed by atoms with Crippen LogP contribution in [0.5, 0.6) is 0 Å². The Morgan fingerprint density at radius 1 is 1.18 bits per heavy atom. The second-order valence-electron chi connectivity index (χ2n) is 4.39. The number of aromatic amines is 1. The Hall–Kier alpha value is -1.91. The summed E-state index contributed by atoms with van der Waals surface area (Å²) in [5.41, 5.74) is 1.22. The van der Waals surface area contributed by atoms with Crippen LogP contribution < -0.4 is 5.32 Å². The maximum absolute atomic E-state index is 4.24. The van der Waals surface area contributed by atoms with E-state index in [9.17, 15) is 0 Å². The van der Waals surface area contributed by atoms with Gasteiger partial charge in [0.05, 0.1) is 0 Å². The van der Waals surface area contributed by atoms with Gasteiger partial charge in [0.15, 0.2) is 5.82 Å². The van der Waals surface area contributed by atoms with E-state index in [1.165, 1.54) is 31.4 Å². The molecule has 2 N–H and O–H groups in total. The maximum atomic E-state index is 4.24. The molecule has 1 aliphatic rings. The first-order chi connectivity index (χ1) is 8.42. The van der Waals surface area contributed by atoms with Crippen molar-refractivity contribution in [2.24, 2.45) is 0 Å². The van der Waals surface area contributed by atoms with Crippen LogP contribution in [0, 0.1) is 0 Å². The van der Waals surface area contributed by atoms with Crippen molar-refractivity contribution in [3.05, 3.63) is 30.2 Å². The van der Waals surface area contributed by atoms with Gasteiger partial charge in [-0.3, -0.25) is 5.10 Å². The van der Waals surface area contributed by atoms with Gasteiger partial charge in [-0.2, -0.15) is 5.10 Å². The molecule has 2 heterocycles. The molecule has 0 atom stereocenters. The highest BCUT2D eigenvalue weighted by molar-refractivity contribution is 5.47. The summed E-state index contributed by atoms with van der Waals surface area (Å²) in [5.74, 6) is 2.02. The van der Waals surface area contributed by atoms with Gasteiger partial charge >= 0.3 is 0 Å². The molecule has 1 fully saturated rings. The van der Waals surface area contributed by atoms with E-state index < -0.39 is 0 Å². The van der Waals surface area contributed by atoms with E-state index in [2.05, 4.69) is 31.5 Å². The van der Waals surface area contributed by atoms with E-state index in [1.54, 1.807) is 18.5 Å². The first-order valence-corrected chi connectivity index (χ1v) is 6.01. The van der Waals surface area contributed by atoms with Crippen LogP contribution in [0.1, 0.15) is 37.3 Å². The van der Waals surface area contributed by atoms with Gasteiger partial charge in [0, 0.05) is 30.1 Å². The summed E-state index contributed by atoms with van der Waals surface area (Å²) >= 11 is 0. The molecule has 17 heavy (non-hydrogen) atoms. The zero-order valence-electron chi connectivity index (χ0n) is 9.56. The second kappa shape index (κ2) is 4.53. The molecule has 0 aromatic carbocycles. The fourth-order valence-electron chi connectivity index (χ4n) is 2.32. The van der Waals surface area contributed by atoms with Gasteiger partial charge in [-0.15, -0.1) is 0 Å². The van der Waals surface area contributed by atoms with Crippen LogP contribution in [0.4, 0.5) is 11.8 Å². The lowest BCUT2D eigenvalue weighted by Gasteiger charge is -2.03. The Labute approximate surface area is 99.7 Å². The fourth-order valence-corrected chi connectivity index (χ4v) is 2.32. The lowest BCUT2D eigenvalue weighted by atomic mass is 10.0. The SMILES string of the molecule is c1cnc(Nc2cc(C3CCCC3)[nH]n2)nc1. The minimum Gasteiger partial charge on any atom is -0.307 e. The Kier molecular flexibility index (Phi) is 2.73. The van der Waals surface area contributed by atoms with Gasteiger partial charge in [-0.05, 0) is 18.9 Å². The standard InChI is InChI=1S/C12H15N5/c1-2-5-9(4-1)10-8-11(17-16-10)15-12-13-6-3-7-14-12/h3,6-9H,1-2,4-5H2,(H2,13,14,15,16,17). The fraction of sp³-hybridized carbons (Fsp3) is 0.417. The number of hydrogen-bond donors (Lipinski definition) is 2. The smallest absolute Gasteiger partial charge is 0.228 e. The van der Waals surface area contributed by atoms with Crippen molar-refractivity contribution in [1.82, 2.24) is 20.2 Å². The third-order valence-electron chi connectivity index (χ3n) is 3.20. The molecule has 5 heteroatoms. The van der Waals surface area contributed by atoms with Gasteiger partial charge in [0.2, 0.25) is 5.95 Å². The molecule has 5 nitrogen and oxygen atoms in total. The normalized spacial score (nSPS) is 16.2. The highest BCUT2D eigenvalue weighted by atomic mass is 15.2. The molecule has 0 bridgehead atoms. The summed E-state index contributed by atoms with van der Waals surface area (Å²) in [7, 11) is 0. The molecule has 2 aromatic rings. The molecule has 1 aliphatic carbocycles. The minimum absolute atomic E-state index is 0.581. The highest BCUT2D eigenvalue weighted by Gasteiger charge is 2.19. The van der Waals surface area contributed by atoms with Crippen molar-refractivity contribution in [2.75, 3.05) is 5.32 Å². The maximum Gasteiger partial charge on any atom is 0.228 e. The average Bonchev–Trinajstić information content (AvgIpc) is 3.00. The van der Waals surface area contributed by atoms with Crippen LogP contribution >= 0.6 is 0 Å². The summed E-state index contributed by atoms with van der Waals surface area (Å²) in [5, 5.41) is 10.4. The molecular formula is C12H15N5. The molecular weight excluding hydrogens is 214 g/mol. The lowest BCUT2D eigenvalue weighted by Crippen LogP contribution is -1.95. The number of hydrogen-bond acceptors (Lipinski definition) is 4. The Bertz CT molecular complexity index is 473. The van der Waals surface area contributed by atoms with Crippen LogP contribution in [-0.4, -0.2) is 20.2 Å². The number of rotatable bonds is 3. The largest absolute Gasteiger partial charge is 0.307 e. The van der Waals surface area contributed by atoms with E-state index in [0.717, 1.165) is 5.82 Å². The number of anilines is 2. The summed E-state index contributed by atoms with van der Waals surface area (Å²) in [4.78, 5) is 8.21. The predicted molar refractivity (Wildman–Crippen MR) is 65.1 cm³/mol. The Morgan fingerprint density at radius 2 is 1.94 bits per heavy atom. The molecule has 0 spiro atoms. The van der Waals surface area contributed by atoms with Crippen LogP contribution in [0.2, 0.25) is 0 Å². The van der Waals surface area contributed by atoms with Crippen molar-refractivity contribution >= 4 is 11.8 Å². The number of nitrogens with zero attached hydrogens (tertiary/aromatic N) is 3. The van der Waals surface area contributed by atoms with Crippen molar-refractivity contribution in [1.29, 1.82) is 0 Å². The first kappa shape index (κ1) is 10.3. The second-order valence-corrected chi connectivity index (χ2v) is 4.39. The number of aromatic nitrogens is 4. The zero-order valence-corrected chi connectivity index (χ0v) is 9.56. The van der Waals surface area contributed by atoms with Crippen LogP contribution in [0.15, 0.2) is 24.5 Å². The molecule has 0 amide bonds. The molecule has 3 rings (SSSR count). The van der Waals surface area contributed by atoms with Gasteiger partial charge in [-0.25, -0.2) is 9.97 Å². The monoisotopic (exact) mass is 229 g/mol. The van der Waals surface area contributed by atoms with Crippen molar-refractivity contribution < 1.29 is 0 Å². The molecule has 0 aliphatic heterocycles. The Balaban J connectivity index is 1.72. The molecule has 0 radical (unpaired) electrons. The topological polar surface area (TPSA) is 66.5 Å². The van der Waals surface area contributed by atoms with Gasteiger partial charge in [-0.1, -0.05) is 12.8 Å². The van der Waals surface area contributed by atoms with E-state index >= 15 is 0 Å². The van der Waals surface area contributed by atoms with Gasteiger partial charge < -0.3 is 5.32 Å². The van der Waals surface area contributed by atoms with E-state index in [4.69, 9.17) is 0 Å². The molecule has 2 aromatic heterocycles. The van der Waals surface area contributed by atoms with Crippen molar-refractivity contribution in [3.8, 4) is 0 Å². The number of nitrogens with one attached hydrogen (secondary N) is 2. The van der Waals surface area contributed by atoms with E-state index in [-0.39, 0.29) is 0 Å². The van der Waals surface area contributed by atoms with E-state index in [1.807, 2.05) is 0 Å². The lowest BCUT2D eigenvalue weighted by molar-refractivity contribution is 0.693. The van der Waals surface area contributed by atoms with Crippen LogP contribution in [-0.2, 0) is 0 Å². The molecule has 0 saturated heterocycles.